The Balaban J connectivity index is 1.87. The predicted octanol–water partition coefficient (Wildman–Crippen LogP) is 5.25. The van der Waals surface area contributed by atoms with Crippen LogP contribution >= 0.6 is 0 Å². The zero-order valence-corrected chi connectivity index (χ0v) is 15.5. The Bertz CT molecular complexity index is 323. The van der Waals surface area contributed by atoms with Crippen molar-refractivity contribution in [3.63, 3.8) is 0 Å². The summed E-state index contributed by atoms with van der Waals surface area (Å²) in [6.07, 6.45) is 25.4. The van der Waals surface area contributed by atoms with Crippen molar-refractivity contribution in [3.05, 3.63) is 24.6 Å². The lowest BCUT2D eigenvalue weighted by molar-refractivity contribution is 0.223. The Kier molecular flexibility index (Phi) is 11.8. The summed E-state index contributed by atoms with van der Waals surface area (Å²) >= 11 is 0. The molecule has 0 bridgehead atoms. The van der Waals surface area contributed by atoms with Crippen molar-refractivity contribution in [1.29, 1.82) is 0 Å². The van der Waals surface area contributed by atoms with Crippen molar-refractivity contribution in [3.8, 4) is 0 Å². The Morgan fingerprint density at radius 3 is 2.22 bits per heavy atom. The molecule has 0 aliphatic carbocycles. The van der Waals surface area contributed by atoms with Crippen molar-refractivity contribution >= 4 is 0 Å². The van der Waals surface area contributed by atoms with Crippen molar-refractivity contribution in [2.45, 2.75) is 103 Å². The van der Waals surface area contributed by atoms with Gasteiger partial charge in [0.1, 0.15) is 6.17 Å². The Hall–Kier alpha value is -0.960. The monoisotopic (exact) mass is 321 g/mol. The molecule has 0 aromatic carbocycles. The average molecular weight is 322 g/mol. The van der Waals surface area contributed by atoms with Crippen LogP contribution in [-0.4, -0.2) is 17.2 Å². The van der Waals surface area contributed by atoms with Crippen LogP contribution in [0.4, 0.5) is 0 Å². The highest BCUT2D eigenvalue weighted by Gasteiger charge is 2.19. The van der Waals surface area contributed by atoms with Gasteiger partial charge >= 0.3 is 0 Å². The fourth-order valence-corrected chi connectivity index (χ4v) is 3.13. The van der Waals surface area contributed by atoms with Gasteiger partial charge in [0.05, 0.1) is 6.17 Å². The zero-order valence-electron chi connectivity index (χ0n) is 15.5. The summed E-state index contributed by atoms with van der Waals surface area (Å²) in [4.78, 5) is 2.17. The number of nitrogens with zero attached hydrogens (tertiary/aromatic N) is 1. The third kappa shape index (κ3) is 9.70. The Morgan fingerprint density at radius 2 is 1.61 bits per heavy atom. The van der Waals surface area contributed by atoms with E-state index in [9.17, 15) is 0 Å². The lowest BCUT2D eigenvalue weighted by Gasteiger charge is -2.28. The Labute approximate surface area is 144 Å². The maximum absolute atomic E-state index is 5.94. The fourth-order valence-electron chi connectivity index (χ4n) is 3.13. The summed E-state index contributed by atoms with van der Waals surface area (Å²) in [5.41, 5.74) is 5.94. The minimum Gasteiger partial charge on any atom is -0.370 e. The molecule has 1 rings (SSSR count). The number of nitrogens with two attached hydrogens (primary N) is 1. The molecule has 0 saturated heterocycles. The topological polar surface area (TPSA) is 41.3 Å². The molecule has 134 valence electrons. The molecular formula is C20H39N3. The van der Waals surface area contributed by atoms with Gasteiger partial charge in [0.25, 0.3) is 0 Å². The van der Waals surface area contributed by atoms with Gasteiger partial charge in [-0.1, -0.05) is 76.9 Å². The quantitative estimate of drug-likeness (QED) is 0.339. The molecule has 2 atom stereocenters. The standard InChI is InChI=1S/C20H39N3/c1-3-4-5-6-7-8-9-10-11-12-13-14-15-16-20-22-17-18-23(20)19(2)21/h14-15,17-20,22H,3-13,16,21H2,1-2H3/b15-14+. The molecule has 0 radical (unpaired) electrons. The number of allylic oxidation sites excluding steroid dienone is 1. The highest BCUT2D eigenvalue weighted by atomic mass is 15.3. The van der Waals surface area contributed by atoms with Crippen LogP contribution in [-0.2, 0) is 0 Å². The fraction of sp³-hybridized carbons (Fsp3) is 0.800. The number of nitrogens with one attached hydrogen (secondary N) is 1. The molecule has 23 heavy (non-hydrogen) atoms. The molecule has 2 unspecified atom stereocenters. The van der Waals surface area contributed by atoms with Crippen LogP contribution in [0.15, 0.2) is 24.6 Å². The highest BCUT2D eigenvalue weighted by Crippen LogP contribution is 2.13. The number of unbranched alkanes of at least 4 members (excludes halogenated alkanes) is 10. The first-order valence-electron chi connectivity index (χ1n) is 9.86. The lowest BCUT2D eigenvalue weighted by Crippen LogP contribution is -2.44. The smallest absolute Gasteiger partial charge is 0.103 e. The van der Waals surface area contributed by atoms with E-state index in [4.69, 9.17) is 5.73 Å². The molecule has 0 amide bonds. The SMILES string of the molecule is CCCCCCCCCCCC/C=C/CC1NC=CN1C(C)N. The van der Waals surface area contributed by atoms with E-state index in [1.165, 1.54) is 70.6 Å². The molecule has 0 fully saturated rings. The third-order valence-electron chi connectivity index (χ3n) is 4.62. The van der Waals surface area contributed by atoms with Gasteiger partial charge in [0.2, 0.25) is 0 Å². The van der Waals surface area contributed by atoms with Crippen LogP contribution in [0.25, 0.3) is 0 Å². The van der Waals surface area contributed by atoms with E-state index in [2.05, 4.69) is 29.3 Å². The van der Waals surface area contributed by atoms with E-state index < -0.39 is 0 Å². The minimum atomic E-state index is 0.0709. The molecule has 1 heterocycles. The van der Waals surface area contributed by atoms with Crippen LogP contribution in [0.5, 0.6) is 0 Å². The molecule has 0 spiro atoms. The van der Waals surface area contributed by atoms with Gasteiger partial charge in [-0.25, -0.2) is 0 Å². The maximum Gasteiger partial charge on any atom is 0.103 e. The largest absolute Gasteiger partial charge is 0.370 e. The van der Waals surface area contributed by atoms with Gasteiger partial charge in [0.15, 0.2) is 0 Å². The first-order chi connectivity index (χ1) is 11.3. The summed E-state index contributed by atoms with van der Waals surface area (Å²) in [6.45, 7) is 4.31. The molecule has 3 heteroatoms. The average Bonchev–Trinajstić information content (AvgIpc) is 3.00. The maximum atomic E-state index is 5.94. The van der Waals surface area contributed by atoms with Crippen molar-refractivity contribution in [2.24, 2.45) is 5.73 Å². The summed E-state index contributed by atoms with van der Waals surface area (Å²) in [5, 5.41) is 3.35. The normalized spacial score (nSPS) is 18.7. The minimum absolute atomic E-state index is 0.0709. The molecule has 3 nitrogen and oxygen atoms in total. The van der Waals surface area contributed by atoms with Crippen molar-refractivity contribution in [2.75, 3.05) is 0 Å². The second kappa shape index (κ2) is 13.5. The summed E-state index contributed by atoms with van der Waals surface area (Å²) in [7, 11) is 0. The number of hydrogen-bond acceptors (Lipinski definition) is 3. The Morgan fingerprint density at radius 1 is 1.00 bits per heavy atom. The summed E-state index contributed by atoms with van der Waals surface area (Å²) in [5.74, 6) is 0. The molecule has 0 aromatic heterocycles. The van der Waals surface area contributed by atoms with Crippen LogP contribution in [0.3, 0.4) is 0 Å². The molecule has 1 aliphatic heterocycles. The van der Waals surface area contributed by atoms with Gasteiger partial charge in [-0.2, -0.15) is 0 Å². The van der Waals surface area contributed by atoms with Crippen molar-refractivity contribution < 1.29 is 0 Å². The molecule has 0 saturated carbocycles. The molecule has 3 N–H and O–H groups in total. The second-order valence-electron chi connectivity index (χ2n) is 6.86. The number of rotatable bonds is 14. The van der Waals surface area contributed by atoms with Gasteiger partial charge in [0, 0.05) is 18.8 Å². The number of hydrogen-bond donors (Lipinski definition) is 2. The van der Waals surface area contributed by atoms with Crippen molar-refractivity contribution in [1.82, 2.24) is 10.2 Å². The van der Waals surface area contributed by atoms with Crippen LogP contribution in [0, 0.1) is 0 Å². The third-order valence-corrected chi connectivity index (χ3v) is 4.62. The predicted molar refractivity (Wildman–Crippen MR) is 102 cm³/mol. The lowest BCUT2D eigenvalue weighted by atomic mass is 10.1. The van der Waals surface area contributed by atoms with Gasteiger partial charge in [-0.3, -0.25) is 0 Å². The van der Waals surface area contributed by atoms with E-state index >= 15 is 0 Å². The molecule has 0 aromatic rings. The molecular weight excluding hydrogens is 282 g/mol. The summed E-state index contributed by atoms with van der Waals surface area (Å²) < 4.78 is 0. The van der Waals surface area contributed by atoms with E-state index in [0.717, 1.165) is 6.42 Å². The van der Waals surface area contributed by atoms with Gasteiger partial charge in [-0.05, 0) is 19.8 Å². The van der Waals surface area contributed by atoms with Gasteiger partial charge in [-0.15, -0.1) is 0 Å². The van der Waals surface area contributed by atoms with Crippen LogP contribution < -0.4 is 11.1 Å². The first kappa shape index (κ1) is 20.1. The van der Waals surface area contributed by atoms with E-state index in [-0.39, 0.29) is 6.17 Å². The van der Waals surface area contributed by atoms with E-state index in [1.807, 2.05) is 19.3 Å². The van der Waals surface area contributed by atoms with E-state index in [1.54, 1.807) is 0 Å². The highest BCUT2D eigenvalue weighted by molar-refractivity contribution is 4.99. The zero-order chi connectivity index (χ0) is 16.8. The van der Waals surface area contributed by atoms with Crippen LogP contribution in [0.2, 0.25) is 0 Å². The van der Waals surface area contributed by atoms with E-state index in [0.29, 0.717) is 6.17 Å². The first-order valence-corrected chi connectivity index (χ1v) is 9.86. The van der Waals surface area contributed by atoms with Gasteiger partial charge < -0.3 is 16.0 Å². The second-order valence-corrected chi connectivity index (χ2v) is 6.86. The molecule has 1 aliphatic rings. The van der Waals surface area contributed by atoms with Crippen LogP contribution in [0.1, 0.15) is 90.9 Å². The summed E-state index contributed by atoms with van der Waals surface area (Å²) in [6, 6.07) is 0.